The minimum absolute atomic E-state index is 0.0529. The second-order valence-electron chi connectivity index (χ2n) is 8.05. The predicted octanol–water partition coefficient (Wildman–Crippen LogP) is 2.37. The lowest BCUT2D eigenvalue weighted by atomic mass is 10.2. The van der Waals surface area contributed by atoms with E-state index in [4.69, 9.17) is 4.74 Å². The zero-order valence-electron chi connectivity index (χ0n) is 18.1. The number of rotatable bonds is 3. The fourth-order valence-corrected chi connectivity index (χ4v) is 2.89. The van der Waals surface area contributed by atoms with Crippen LogP contribution in [-0.2, 0) is 18.8 Å². The number of pyridine rings is 1. The van der Waals surface area contributed by atoms with Crippen molar-refractivity contribution in [1.82, 2.24) is 14.1 Å². The average molecular weight is 443 g/mol. The number of anilines is 2. The van der Waals surface area contributed by atoms with Crippen molar-refractivity contribution in [3.05, 3.63) is 62.7 Å². The van der Waals surface area contributed by atoms with Crippen LogP contribution >= 0.6 is 0 Å². The summed E-state index contributed by atoms with van der Waals surface area (Å²) in [6.07, 6.45) is -0.849. The Morgan fingerprint density at radius 1 is 1.03 bits per heavy atom. The molecule has 32 heavy (non-hydrogen) atoms. The molecule has 0 saturated heterocycles. The summed E-state index contributed by atoms with van der Waals surface area (Å²) in [4.78, 5) is 53.1. The normalized spacial score (nSPS) is 11.3. The first kappa shape index (κ1) is 22.7. The molecule has 2 aromatic heterocycles. The Kier molecular flexibility index (Phi) is 5.84. The summed E-state index contributed by atoms with van der Waals surface area (Å²) in [6.45, 7) is 5.01. The van der Waals surface area contributed by atoms with Crippen molar-refractivity contribution in [2.24, 2.45) is 14.1 Å². The van der Waals surface area contributed by atoms with Gasteiger partial charge in [0.1, 0.15) is 22.8 Å². The largest absolute Gasteiger partial charge is 0.444 e. The van der Waals surface area contributed by atoms with Crippen molar-refractivity contribution in [2.75, 3.05) is 10.6 Å². The molecule has 0 atom stereocenters. The van der Waals surface area contributed by atoms with E-state index >= 15 is 0 Å². The summed E-state index contributed by atoms with van der Waals surface area (Å²) in [5, 5.41) is 5.01. The van der Waals surface area contributed by atoms with Gasteiger partial charge in [0, 0.05) is 19.8 Å². The highest BCUT2D eigenvalue weighted by Gasteiger charge is 2.18. The summed E-state index contributed by atoms with van der Waals surface area (Å²) in [6, 6.07) is 6.35. The van der Waals surface area contributed by atoms with Crippen LogP contribution in [0, 0.1) is 5.82 Å². The molecule has 2 heterocycles. The summed E-state index contributed by atoms with van der Waals surface area (Å²) in [7, 11) is 2.79. The first-order chi connectivity index (χ1) is 14.9. The fourth-order valence-electron chi connectivity index (χ4n) is 2.89. The predicted molar refractivity (Wildman–Crippen MR) is 116 cm³/mol. The number of halogens is 1. The zero-order valence-corrected chi connectivity index (χ0v) is 18.1. The average Bonchev–Trinajstić information content (AvgIpc) is 2.71. The maximum Gasteiger partial charge on any atom is 0.412 e. The molecule has 10 nitrogen and oxygen atoms in total. The van der Waals surface area contributed by atoms with E-state index in [-0.39, 0.29) is 28.1 Å². The number of ether oxygens (including phenoxy) is 1. The minimum atomic E-state index is -0.849. The topological polar surface area (TPSA) is 124 Å². The summed E-state index contributed by atoms with van der Waals surface area (Å²) in [5.74, 6) is -1.38. The second-order valence-corrected chi connectivity index (χ2v) is 8.05. The van der Waals surface area contributed by atoms with E-state index in [1.807, 2.05) is 0 Å². The molecule has 0 saturated carbocycles. The molecule has 0 fully saturated rings. The Hall–Kier alpha value is -4.02. The van der Waals surface area contributed by atoms with E-state index in [9.17, 15) is 23.6 Å². The maximum atomic E-state index is 14.1. The van der Waals surface area contributed by atoms with E-state index in [0.717, 1.165) is 15.2 Å². The van der Waals surface area contributed by atoms with E-state index in [2.05, 4.69) is 15.6 Å². The second kappa shape index (κ2) is 8.25. The van der Waals surface area contributed by atoms with Crippen LogP contribution in [-0.4, -0.2) is 31.7 Å². The lowest BCUT2D eigenvalue weighted by Crippen LogP contribution is -2.37. The lowest BCUT2D eigenvalue weighted by molar-refractivity contribution is 0.0635. The SMILES string of the molecule is Cn1c(=O)c2ccc(C(=O)Nc3ccc(F)c(NC(=O)OC(C)(C)C)c3)nc2n(C)c1=O. The molecule has 0 bridgehead atoms. The fraction of sp³-hybridized carbons (Fsp3) is 0.286. The highest BCUT2D eigenvalue weighted by atomic mass is 19.1. The zero-order chi connectivity index (χ0) is 23.8. The van der Waals surface area contributed by atoms with Gasteiger partial charge in [-0.1, -0.05) is 0 Å². The number of aromatic nitrogens is 3. The van der Waals surface area contributed by atoms with Crippen molar-refractivity contribution in [3.63, 3.8) is 0 Å². The number of carbonyl (C=O) groups is 2. The third-order valence-electron chi connectivity index (χ3n) is 4.39. The van der Waals surface area contributed by atoms with Crippen molar-refractivity contribution in [2.45, 2.75) is 26.4 Å². The number of carbonyl (C=O) groups excluding carboxylic acids is 2. The van der Waals surface area contributed by atoms with Crippen LogP contribution in [0.2, 0.25) is 0 Å². The quantitative estimate of drug-likeness (QED) is 0.640. The van der Waals surface area contributed by atoms with Gasteiger partial charge in [-0.2, -0.15) is 0 Å². The van der Waals surface area contributed by atoms with Gasteiger partial charge in [0.15, 0.2) is 0 Å². The molecule has 1 aromatic carbocycles. The number of aryl methyl sites for hydroxylation is 1. The Labute approximate surface area is 181 Å². The van der Waals surface area contributed by atoms with Crippen LogP contribution < -0.4 is 21.9 Å². The molecule has 3 aromatic rings. The highest BCUT2D eigenvalue weighted by Crippen LogP contribution is 2.21. The third-order valence-corrected chi connectivity index (χ3v) is 4.39. The summed E-state index contributed by atoms with van der Waals surface area (Å²) in [5.41, 5.74) is -1.89. The number of fused-ring (bicyclic) bond motifs is 1. The molecule has 168 valence electrons. The molecule has 0 aliphatic carbocycles. The van der Waals surface area contributed by atoms with Crippen molar-refractivity contribution >= 4 is 34.4 Å². The summed E-state index contributed by atoms with van der Waals surface area (Å²) < 4.78 is 21.3. The molecule has 3 rings (SSSR count). The van der Waals surface area contributed by atoms with Gasteiger partial charge >= 0.3 is 11.8 Å². The van der Waals surface area contributed by atoms with E-state index in [1.54, 1.807) is 20.8 Å². The molecule has 0 aliphatic heterocycles. The number of nitrogens with one attached hydrogen (secondary N) is 2. The van der Waals surface area contributed by atoms with Gasteiger partial charge in [-0.3, -0.25) is 24.0 Å². The molecule has 0 aliphatic rings. The first-order valence-corrected chi connectivity index (χ1v) is 9.55. The van der Waals surface area contributed by atoms with Crippen LogP contribution in [0.1, 0.15) is 31.3 Å². The Morgan fingerprint density at radius 2 is 1.72 bits per heavy atom. The van der Waals surface area contributed by atoms with Crippen molar-refractivity contribution in [3.8, 4) is 0 Å². The molecule has 0 spiro atoms. The van der Waals surface area contributed by atoms with Gasteiger partial charge in [0.2, 0.25) is 0 Å². The smallest absolute Gasteiger partial charge is 0.412 e. The van der Waals surface area contributed by atoms with E-state index in [0.29, 0.717) is 0 Å². The van der Waals surface area contributed by atoms with Crippen molar-refractivity contribution in [1.29, 1.82) is 0 Å². The van der Waals surface area contributed by atoms with Gasteiger partial charge in [-0.05, 0) is 51.1 Å². The van der Waals surface area contributed by atoms with Gasteiger partial charge in [-0.25, -0.2) is 19.0 Å². The molecule has 0 unspecified atom stereocenters. The van der Waals surface area contributed by atoms with Crippen LogP contribution in [0.5, 0.6) is 0 Å². The Balaban J connectivity index is 1.87. The number of amides is 2. The van der Waals surface area contributed by atoms with Crippen LogP contribution in [0.3, 0.4) is 0 Å². The monoisotopic (exact) mass is 443 g/mol. The Bertz CT molecular complexity index is 1350. The summed E-state index contributed by atoms with van der Waals surface area (Å²) >= 11 is 0. The minimum Gasteiger partial charge on any atom is -0.444 e. The van der Waals surface area contributed by atoms with Gasteiger partial charge in [-0.15, -0.1) is 0 Å². The number of hydrogen-bond acceptors (Lipinski definition) is 6. The van der Waals surface area contributed by atoms with Gasteiger partial charge in [0.25, 0.3) is 11.5 Å². The molecule has 11 heteroatoms. The Morgan fingerprint density at radius 3 is 2.38 bits per heavy atom. The molecule has 2 amide bonds. The third kappa shape index (κ3) is 4.66. The van der Waals surface area contributed by atoms with Gasteiger partial charge < -0.3 is 10.1 Å². The maximum absolute atomic E-state index is 14.1. The van der Waals surface area contributed by atoms with Gasteiger partial charge in [0.05, 0.1) is 11.1 Å². The van der Waals surface area contributed by atoms with Crippen LogP contribution in [0.15, 0.2) is 39.9 Å². The molecular formula is C21H22FN5O5. The van der Waals surface area contributed by atoms with E-state index in [1.165, 1.54) is 38.4 Å². The first-order valence-electron chi connectivity index (χ1n) is 9.55. The van der Waals surface area contributed by atoms with Crippen LogP contribution in [0.4, 0.5) is 20.6 Å². The molecule has 2 N–H and O–H groups in total. The number of benzene rings is 1. The molecular weight excluding hydrogens is 421 g/mol. The lowest BCUT2D eigenvalue weighted by Gasteiger charge is -2.20. The van der Waals surface area contributed by atoms with E-state index < -0.39 is 34.7 Å². The van der Waals surface area contributed by atoms with Crippen LogP contribution in [0.25, 0.3) is 11.0 Å². The molecule has 0 radical (unpaired) electrons. The number of nitrogens with zero attached hydrogens (tertiary/aromatic N) is 3. The number of hydrogen-bond donors (Lipinski definition) is 2. The highest BCUT2D eigenvalue weighted by molar-refractivity contribution is 6.04. The van der Waals surface area contributed by atoms with Crippen molar-refractivity contribution < 1.29 is 18.7 Å². The standard InChI is InChI=1S/C21H22FN5O5/c1-21(2,3)32-19(30)25-15-10-11(6-8-13(15)22)23-17(28)14-9-7-12-16(24-14)26(4)20(31)27(5)18(12)29/h6-10H,1-5H3,(H,23,28)(H,25,30).